The number of likely N-dealkylation sites (N-methyl/N-ethyl adjacent to an activating group) is 2. The minimum absolute atomic E-state index is 0.463. The van der Waals surface area contributed by atoms with Crippen LogP contribution in [0.2, 0.25) is 0 Å². The number of nitrogens with one attached hydrogen (secondary N) is 1. The van der Waals surface area contributed by atoms with E-state index < -0.39 is 0 Å². The summed E-state index contributed by atoms with van der Waals surface area (Å²) in [5, 5.41) is 3.56. The summed E-state index contributed by atoms with van der Waals surface area (Å²) in [5.41, 5.74) is 0.463. The Hall–Kier alpha value is -0.120. The van der Waals surface area contributed by atoms with Crippen molar-refractivity contribution in [1.82, 2.24) is 15.1 Å². The molecule has 0 aromatic heterocycles. The molecule has 3 nitrogen and oxygen atoms in total. The molecule has 1 unspecified atom stereocenters. The van der Waals surface area contributed by atoms with Crippen LogP contribution in [0.4, 0.5) is 0 Å². The first-order valence-electron chi connectivity index (χ1n) is 7.09. The van der Waals surface area contributed by atoms with Crippen molar-refractivity contribution < 1.29 is 0 Å². The van der Waals surface area contributed by atoms with E-state index in [1.165, 1.54) is 32.2 Å². The zero-order valence-corrected chi connectivity index (χ0v) is 12.4. The number of hydrogen-bond donors (Lipinski definition) is 1. The Kier molecular flexibility index (Phi) is 5.90. The van der Waals surface area contributed by atoms with E-state index in [1.807, 2.05) is 0 Å². The molecule has 0 heterocycles. The normalized spacial score (nSPS) is 20.6. The molecular formula is C14H31N3. The van der Waals surface area contributed by atoms with E-state index in [0.717, 1.165) is 13.1 Å². The minimum atomic E-state index is 0.463. The minimum Gasteiger partial charge on any atom is -0.313 e. The van der Waals surface area contributed by atoms with Gasteiger partial charge in [-0.05, 0) is 53.8 Å². The van der Waals surface area contributed by atoms with Gasteiger partial charge in [0.15, 0.2) is 0 Å². The standard InChI is InChI=1S/C14H31N3/c1-6-13(2)15-10-11-17(5)12-14(16(3)4)8-7-9-14/h13,15H,6-12H2,1-5H3. The summed E-state index contributed by atoms with van der Waals surface area (Å²) in [7, 11) is 6.71. The largest absolute Gasteiger partial charge is 0.313 e. The molecule has 1 rings (SSSR count). The quantitative estimate of drug-likeness (QED) is 0.699. The van der Waals surface area contributed by atoms with E-state index in [1.54, 1.807) is 0 Å². The number of rotatable bonds is 8. The maximum atomic E-state index is 3.56. The van der Waals surface area contributed by atoms with Gasteiger partial charge in [0.25, 0.3) is 0 Å². The Bertz CT molecular complexity index is 212. The third-order valence-electron chi connectivity index (χ3n) is 4.40. The maximum Gasteiger partial charge on any atom is 0.0330 e. The van der Waals surface area contributed by atoms with Crippen LogP contribution >= 0.6 is 0 Å². The second-order valence-electron chi connectivity index (χ2n) is 5.97. The fourth-order valence-electron chi connectivity index (χ4n) is 2.56. The molecule has 0 aromatic rings. The number of hydrogen-bond acceptors (Lipinski definition) is 3. The smallest absolute Gasteiger partial charge is 0.0330 e. The van der Waals surface area contributed by atoms with Crippen LogP contribution in [-0.2, 0) is 0 Å². The molecule has 0 bridgehead atoms. The zero-order valence-electron chi connectivity index (χ0n) is 12.4. The third kappa shape index (κ3) is 4.23. The van der Waals surface area contributed by atoms with E-state index in [0.29, 0.717) is 11.6 Å². The fraction of sp³-hybridized carbons (Fsp3) is 1.00. The van der Waals surface area contributed by atoms with Crippen LogP contribution in [0.5, 0.6) is 0 Å². The molecule has 0 saturated heterocycles. The van der Waals surface area contributed by atoms with Crippen molar-refractivity contribution in [1.29, 1.82) is 0 Å². The second kappa shape index (κ2) is 6.72. The lowest BCUT2D eigenvalue weighted by atomic mass is 9.75. The third-order valence-corrected chi connectivity index (χ3v) is 4.40. The molecule has 1 N–H and O–H groups in total. The Morgan fingerprint density at radius 2 is 1.88 bits per heavy atom. The van der Waals surface area contributed by atoms with Crippen molar-refractivity contribution in [2.24, 2.45) is 0 Å². The second-order valence-corrected chi connectivity index (χ2v) is 5.97. The average molecular weight is 241 g/mol. The molecule has 102 valence electrons. The first kappa shape index (κ1) is 14.9. The topological polar surface area (TPSA) is 18.5 Å². The molecule has 1 fully saturated rings. The van der Waals surface area contributed by atoms with Gasteiger partial charge in [0.2, 0.25) is 0 Å². The molecule has 1 aliphatic carbocycles. The van der Waals surface area contributed by atoms with Gasteiger partial charge in [-0.25, -0.2) is 0 Å². The van der Waals surface area contributed by atoms with Gasteiger partial charge in [0, 0.05) is 31.2 Å². The van der Waals surface area contributed by atoms with Gasteiger partial charge in [-0.15, -0.1) is 0 Å². The van der Waals surface area contributed by atoms with E-state index in [-0.39, 0.29) is 0 Å². The molecule has 1 saturated carbocycles. The molecule has 0 radical (unpaired) electrons. The van der Waals surface area contributed by atoms with Gasteiger partial charge >= 0.3 is 0 Å². The van der Waals surface area contributed by atoms with Gasteiger partial charge < -0.3 is 15.1 Å². The van der Waals surface area contributed by atoms with E-state index in [2.05, 4.69) is 50.1 Å². The summed E-state index contributed by atoms with van der Waals surface area (Å²) in [6.07, 6.45) is 5.34. The molecule has 17 heavy (non-hydrogen) atoms. The van der Waals surface area contributed by atoms with Gasteiger partial charge in [-0.1, -0.05) is 6.92 Å². The maximum absolute atomic E-state index is 3.56. The van der Waals surface area contributed by atoms with Crippen LogP contribution in [-0.4, -0.2) is 62.2 Å². The molecule has 3 heteroatoms. The molecule has 0 spiro atoms. The highest BCUT2D eigenvalue weighted by molar-refractivity contribution is 4.97. The Balaban J connectivity index is 2.22. The van der Waals surface area contributed by atoms with Crippen molar-refractivity contribution >= 4 is 0 Å². The van der Waals surface area contributed by atoms with Crippen LogP contribution in [0.25, 0.3) is 0 Å². The van der Waals surface area contributed by atoms with E-state index >= 15 is 0 Å². The van der Waals surface area contributed by atoms with Crippen LogP contribution in [0, 0.1) is 0 Å². The van der Waals surface area contributed by atoms with Crippen LogP contribution in [0.3, 0.4) is 0 Å². The monoisotopic (exact) mass is 241 g/mol. The Morgan fingerprint density at radius 3 is 2.29 bits per heavy atom. The van der Waals surface area contributed by atoms with Gasteiger partial charge in [-0.3, -0.25) is 0 Å². The van der Waals surface area contributed by atoms with Crippen LogP contribution in [0.1, 0.15) is 39.5 Å². The van der Waals surface area contributed by atoms with Crippen molar-refractivity contribution in [3.05, 3.63) is 0 Å². The molecule has 1 aliphatic rings. The van der Waals surface area contributed by atoms with Crippen molar-refractivity contribution in [2.75, 3.05) is 40.8 Å². The highest BCUT2D eigenvalue weighted by atomic mass is 15.2. The molecular weight excluding hydrogens is 210 g/mol. The predicted octanol–water partition coefficient (Wildman–Crippen LogP) is 1.79. The average Bonchev–Trinajstić information content (AvgIpc) is 2.22. The Labute approximate surface area is 108 Å². The lowest BCUT2D eigenvalue weighted by Gasteiger charge is -2.49. The summed E-state index contributed by atoms with van der Waals surface area (Å²) in [4.78, 5) is 4.91. The highest BCUT2D eigenvalue weighted by Gasteiger charge is 2.39. The molecule has 0 amide bonds. The summed E-state index contributed by atoms with van der Waals surface area (Å²) < 4.78 is 0. The highest BCUT2D eigenvalue weighted by Crippen LogP contribution is 2.36. The first-order valence-corrected chi connectivity index (χ1v) is 7.09. The predicted molar refractivity (Wildman–Crippen MR) is 75.5 cm³/mol. The van der Waals surface area contributed by atoms with Crippen molar-refractivity contribution in [3.63, 3.8) is 0 Å². The molecule has 1 atom stereocenters. The summed E-state index contributed by atoms with van der Waals surface area (Å²) >= 11 is 0. The SMILES string of the molecule is CCC(C)NCCN(C)CC1(N(C)C)CCC1. The van der Waals surface area contributed by atoms with Crippen molar-refractivity contribution in [2.45, 2.75) is 51.1 Å². The van der Waals surface area contributed by atoms with Crippen LogP contribution < -0.4 is 5.32 Å². The lowest BCUT2D eigenvalue weighted by molar-refractivity contribution is 0.0281. The van der Waals surface area contributed by atoms with Gasteiger partial charge in [0.05, 0.1) is 0 Å². The Morgan fingerprint density at radius 1 is 1.24 bits per heavy atom. The fourth-order valence-corrected chi connectivity index (χ4v) is 2.56. The molecule has 0 aliphatic heterocycles. The molecule has 0 aromatic carbocycles. The van der Waals surface area contributed by atoms with Crippen molar-refractivity contribution in [3.8, 4) is 0 Å². The van der Waals surface area contributed by atoms with Crippen LogP contribution in [0.15, 0.2) is 0 Å². The van der Waals surface area contributed by atoms with E-state index in [4.69, 9.17) is 0 Å². The zero-order chi connectivity index (χ0) is 12.9. The summed E-state index contributed by atoms with van der Waals surface area (Å²) in [6, 6.07) is 0.648. The van der Waals surface area contributed by atoms with E-state index in [9.17, 15) is 0 Å². The van der Waals surface area contributed by atoms with Gasteiger partial charge in [-0.2, -0.15) is 0 Å². The summed E-state index contributed by atoms with van der Waals surface area (Å²) in [6.45, 7) is 7.96. The lowest BCUT2D eigenvalue weighted by Crippen LogP contribution is -2.57. The summed E-state index contributed by atoms with van der Waals surface area (Å²) in [5.74, 6) is 0. The first-order chi connectivity index (χ1) is 8.00. The number of nitrogens with zero attached hydrogens (tertiary/aromatic N) is 2. The van der Waals surface area contributed by atoms with Gasteiger partial charge in [0.1, 0.15) is 0 Å².